The van der Waals surface area contributed by atoms with Gasteiger partial charge in [0, 0.05) is 18.0 Å². The van der Waals surface area contributed by atoms with Gasteiger partial charge in [0.15, 0.2) is 17.4 Å². The number of carbonyl (C=O) groups excluding carboxylic acids is 1. The number of carbonyl (C=O) groups is 1. The summed E-state index contributed by atoms with van der Waals surface area (Å²) in [6, 6.07) is 26.2. The van der Waals surface area contributed by atoms with Gasteiger partial charge in [0.1, 0.15) is 29.3 Å². The number of methoxy groups -OCH3 is 2. The molecule has 5 atom stereocenters. The average molecular weight is 882 g/mol. The van der Waals surface area contributed by atoms with Gasteiger partial charge in [0.05, 0.1) is 46.3 Å². The van der Waals surface area contributed by atoms with Gasteiger partial charge in [0.25, 0.3) is 14.1 Å². The maximum Gasteiger partial charge on any atom is 0.280 e. The highest BCUT2D eigenvalue weighted by molar-refractivity contribution is 7.44. The second kappa shape index (κ2) is 20.2. The van der Waals surface area contributed by atoms with Crippen LogP contribution in [0.4, 0.5) is 10.3 Å². The maximum atomic E-state index is 18.5. The number of nitrogens with zero attached hydrogens (tertiary/aromatic N) is 5. The number of hydrogen-bond donors (Lipinski definition) is 2. The molecule has 1 saturated heterocycles. The van der Waals surface area contributed by atoms with Crippen molar-refractivity contribution in [1.82, 2.24) is 24.2 Å². The van der Waals surface area contributed by atoms with E-state index in [1.165, 1.54) is 10.9 Å². The number of benzene rings is 3. The molecule has 5 aromatic rings. The molecule has 2 aromatic heterocycles. The van der Waals surface area contributed by atoms with E-state index in [1.807, 2.05) is 111 Å². The first-order valence-electron chi connectivity index (χ1n) is 20.6. The van der Waals surface area contributed by atoms with Gasteiger partial charge in [-0.15, -0.1) is 6.42 Å². The van der Waals surface area contributed by atoms with Crippen molar-refractivity contribution in [3.8, 4) is 29.9 Å². The summed E-state index contributed by atoms with van der Waals surface area (Å²) >= 11 is 0. The molecule has 1 aliphatic heterocycles. The van der Waals surface area contributed by atoms with Crippen LogP contribution in [-0.2, 0) is 28.9 Å². The molecule has 15 nitrogen and oxygen atoms in total. The monoisotopic (exact) mass is 881 g/mol. The second-order valence-electron chi connectivity index (χ2n) is 15.7. The molecule has 1 aliphatic rings. The molecule has 1 fully saturated rings. The summed E-state index contributed by atoms with van der Waals surface area (Å²) in [5.74, 6) is 2.57. The van der Waals surface area contributed by atoms with E-state index in [-0.39, 0.29) is 48.8 Å². The van der Waals surface area contributed by atoms with E-state index in [1.54, 1.807) is 28.1 Å². The fourth-order valence-electron chi connectivity index (χ4n) is 7.53. The summed E-state index contributed by atoms with van der Waals surface area (Å²) in [4.78, 5) is 37.2. The van der Waals surface area contributed by atoms with Crippen molar-refractivity contribution in [3.05, 3.63) is 112 Å². The average Bonchev–Trinajstić information content (AvgIpc) is 3.82. The number of alkyl halides is 1. The van der Waals surface area contributed by atoms with Crippen molar-refractivity contribution < 1.29 is 37.2 Å². The number of amides is 1. The molecule has 0 spiro atoms. The van der Waals surface area contributed by atoms with Crippen molar-refractivity contribution in [2.24, 2.45) is 5.92 Å². The lowest BCUT2D eigenvalue weighted by Gasteiger charge is -2.39. The molecule has 1 amide bonds. The van der Waals surface area contributed by atoms with E-state index in [2.05, 4.69) is 32.3 Å². The highest BCUT2D eigenvalue weighted by Crippen LogP contribution is 2.54. The fraction of sp³-hybridized carbons (Fsp3) is 0.413. The Kier molecular flexibility index (Phi) is 15.0. The molecule has 17 heteroatoms. The molecule has 0 aliphatic carbocycles. The van der Waals surface area contributed by atoms with E-state index in [0.717, 1.165) is 5.56 Å². The summed E-state index contributed by atoms with van der Waals surface area (Å²) in [7, 11) is 1.07. The van der Waals surface area contributed by atoms with Crippen LogP contribution in [-0.4, -0.2) is 87.5 Å². The van der Waals surface area contributed by atoms with Gasteiger partial charge in [-0.2, -0.15) is 10.2 Å². The van der Waals surface area contributed by atoms with Crippen LogP contribution in [0.3, 0.4) is 0 Å². The van der Waals surface area contributed by atoms with Gasteiger partial charge in [0.2, 0.25) is 17.5 Å². The van der Waals surface area contributed by atoms with Crippen LogP contribution in [0.2, 0.25) is 0 Å². The molecule has 63 heavy (non-hydrogen) atoms. The number of H-pyrrole nitrogens is 1. The predicted molar refractivity (Wildman–Crippen MR) is 237 cm³/mol. The number of terminal acetylenes is 1. The van der Waals surface area contributed by atoms with E-state index in [9.17, 15) is 14.9 Å². The van der Waals surface area contributed by atoms with Crippen molar-refractivity contribution in [2.45, 2.75) is 89.8 Å². The summed E-state index contributed by atoms with van der Waals surface area (Å²) in [5, 5.41) is 12.0. The van der Waals surface area contributed by atoms with Crippen molar-refractivity contribution in [3.63, 3.8) is 0 Å². The van der Waals surface area contributed by atoms with Gasteiger partial charge in [-0.1, -0.05) is 74.4 Å². The Hall–Kier alpha value is -5.71. The third kappa shape index (κ3) is 9.63. The zero-order valence-corrected chi connectivity index (χ0v) is 37.5. The third-order valence-corrected chi connectivity index (χ3v) is 12.7. The smallest absolute Gasteiger partial charge is 0.280 e. The predicted octanol–water partition coefficient (Wildman–Crippen LogP) is 7.64. The van der Waals surface area contributed by atoms with Gasteiger partial charge in [-0.05, 0) is 68.7 Å². The van der Waals surface area contributed by atoms with Crippen LogP contribution in [0.15, 0.2) is 90.0 Å². The summed E-state index contributed by atoms with van der Waals surface area (Å²) in [5.41, 5.74) is -2.91. The Morgan fingerprint density at radius 1 is 1.00 bits per heavy atom. The minimum Gasteiger partial charge on any atom is -0.497 e. The minimum absolute atomic E-state index is 0.00143. The SMILES string of the molecule is C#C[C@@]1(F)[C@H](OP(OCCC#N)N(C(C)C)C(C)C)[C@@H](COC(c2ccccc2)(c2ccc(OC)cc2)c2ccc(OC)cc2)O[C@H]1n1cnc2c(=O)[nH]c(NC(=O)C(C)C)nc21. The molecule has 0 saturated carbocycles. The molecule has 0 radical (unpaired) electrons. The molecule has 0 bridgehead atoms. The Balaban J connectivity index is 1.53. The van der Waals surface area contributed by atoms with Crippen molar-refractivity contribution in [2.75, 3.05) is 32.8 Å². The highest BCUT2D eigenvalue weighted by Gasteiger charge is 2.61. The van der Waals surface area contributed by atoms with Gasteiger partial charge >= 0.3 is 0 Å². The van der Waals surface area contributed by atoms with Crippen molar-refractivity contribution in [1.29, 1.82) is 5.26 Å². The van der Waals surface area contributed by atoms with Crippen molar-refractivity contribution >= 4 is 31.5 Å². The van der Waals surface area contributed by atoms with E-state index in [4.69, 9.17) is 34.4 Å². The fourth-order valence-corrected chi connectivity index (χ4v) is 9.32. The summed E-state index contributed by atoms with van der Waals surface area (Å²) < 4.78 is 59.7. The molecule has 332 valence electrons. The zero-order valence-electron chi connectivity index (χ0n) is 36.6. The number of nitriles is 1. The number of aromatic nitrogens is 4. The third-order valence-electron chi connectivity index (χ3n) is 10.6. The lowest BCUT2D eigenvalue weighted by atomic mass is 9.80. The quantitative estimate of drug-likeness (QED) is 0.0360. The molecular weight excluding hydrogens is 829 g/mol. The Morgan fingerprint density at radius 3 is 2.11 bits per heavy atom. The lowest BCUT2D eigenvalue weighted by molar-refractivity contribution is -0.118. The van der Waals surface area contributed by atoms with Crippen LogP contribution in [0, 0.1) is 29.6 Å². The standard InChI is InChI=1S/C46H53FN7O8P/c1-10-45(47)39(62-63(60-26-14-25-48)54(30(4)5)31(6)7)37(61-43(45)53-28-49-38-40(53)50-44(52-42(38)56)51-41(55)29(2)3)27-59-46(32-15-12-11-13-16-32,33-17-21-35(57-8)22-18-33)34-19-23-36(58-9)24-20-34/h1,11-13,15-24,28-31,37,39,43H,14,26-27H2,2-9H3,(H2,50,51,52,55,56)/t37-,39-,43-,45-,63?/m1/s1. The number of anilines is 1. The molecule has 6 rings (SSSR count). The number of nitrogens with one attached hydrogen (secondary N) is 2. The number of aromatic amines is 1. The largest absolute Gasteiger partial charge is 0.497 e. The number of hydrogen-bond acceptors (Lipinski definition) is 12. The Labute approximate surface area is 367 Å². The van der Waals surface area contributed by atoms with Gasteiger partial charge in [-0.3, -0.25) is 24.5 Å². The van der Waals surface area contributed by atoms with Gasteiger partial charge in [-0.25, -0.2) is 14.0 Å². The number of imidazole rings is 1. The number of fused-ring (bicyclic) bond motifs is 1. The highest BCUT2D eigenvalue weighted by atomic mass is 31.2. The van der Waals surface area contributed by atoms with E-state index < -0.39 is 55.6 Å². The normalized spacial score (nSPS) is 19.4. The maximum absolute atomic E-state index is 18.5. The summed E-state index contributed by atoms with van der Waals surface area (Å²) in [6.07, 6.45) is 2.93. The topological polar surface area (TPSA) is 175 Å². The number of ether oxygens (including phenoxy) is 4. The second-order valence-corrected chi connectivity index (χ2v) is 17.1. The number of rotatable bonds is 19. The lowest BCUT2D eigenvalue weighted by Crippen LogP contribution is -2.46. The van der Waals surface area contributed by atoms with Crippen LogP contribution in [0.25, 0.3) is 11.2 Å². The molecule has 1 unspecified atom stereocenters. The van der Waals surface area contributed by atoms with E-state index >= 15 is 4.39 Å². The molecule has 2 N–H and O–H groups in total. The Bertz CT molecular complexity index is 2410. The first kappa shape index (κ1) is 46.8. The van der Waals surface area contributed by atoms with E-state index in [0.29, 0.717) is 22.6 Å². The first-order valence-corrected chi connectivity index (χ1v) is 21.7. The number of halogens is 1. The first-order chi connectivity index (χ1) is 30.2. The summed E-state index contributed by atoms with van der Waals surface area (Å²) in [6.45, 7) is 10.9. The molecule has 3 aromatic carbocycles. The molecular formula is C46H53FN7O8P. The van der Waals surface area contributed by atoms with Gasteiger partial charge < -0.3 is 28.0 Å². The zero-order chi connectivity index (χ0) is 45.5. The van der Waals surface area contributed by atoms with Crippen LogP contribution < -0.4 is 20.3 Å². The Morgan fingerprint density at radius 2 is 1.59 bits per heavy atom. The van der Waals surface area contributed by atoms with Crippen LogP contribution in [0.5, 0.6) is 11.5 Å². The van der Waals surface area contributed by atoms with Crippen LogP contribution in [0.1, 0.15) is 70.9 Å². The minimum atomic E-state index is -2.79. The molecule has 3 heterocycles. The van der Waals surface area contributed by atoms with Crippen LogP contribution >= 0.6 is 8.53 Å².